The van der Waals surface area contributed by atoms with Gasteiger partial charge in [-0.25, -0.2) is 0 Å². The Kier molecular flexibility index (Phi) is 5.79. The molecule has 0 radical (unpaired) electrons. The van der Waals surface area contributed by atoms with Crippen molar-refractivity contribution in [2.75, 3.05) is 18.6 Å². The van der Waals surface area contributed by atoms with Gasteiger partial charge in [0.05, 0.1) is 11.6 Å². The lowest BCUT2D eigenvalue weighted by molar-refractivity contribution is -0.125. The molecule has 16 heavy (non-hydrogen) atoms. The van der Waals surface area contributed by atoms with Gasteiger partial charge in [-0.1, -0.05) is 20.8 Å². The van der Waals surface area contributed by atoms with Crippen LogP contribution in [-0.4, -0.2) is 41.2 Å². The van der Waals surface area contributed by atoms with Crippen molar-refractivity contribution in [2.45, 2.75) is 39.3 Å². The smallest absolute Gasteiger partial charge is 0.237 e. The SMILES string of the molecule is CSCC(C)(O)CNC(=O)[C@H](N)C(C)(C)C. The molecule has 0 aromatic heterocycles. The van der Waals surface area contributed by atoms with Gasteiger partial charge in [0.1, 0.15) is 0 Å². The van der Waals surface area contributed by atoms with E-state index >= 15 is 0 Å². The first-order chi connectivity index (χ1) is 7.10. The molecule has 0 aromatic rings. The first kappa shape index (κ1) is 15.7. The van der Waals surface area contributed by atoms with Crippen molar-refractivity contribution in [1.82, 2.24) is 5.32 Å². The van der Waals surface area contributed by atoms with Gasteiger partial charge in [-0.05, 0) is 18.6 Å². The van der Waals surface area contributed by atoms with Crippen LogP contribution in [0.5, 0.6) is 0 Å². The Balaban J connectivity index is 4.18. The van der Waals surface area contributed by atoms with Crippen LogP contribution in [-0.2, 0) is 4.79 Å². The van der Waals surface area contributed by atoms with Crippen molar-refractivity contribution in [3.63, 3.8) is 0 Å². The lowest BCUT2D eigenvalue weighted by Gasteiger charge is -2.28. The quantitative estimate of drug-likeness (QED) is 0.665. The minimum absolute atomic E-state index is 0.214. The van der Waals surface area contributed by atoms with Gasteiger partial charge in [0.25, 0.3) is 0 Å². The number of nitrogens with one attached hydrogen (secondary N) is 1. The molecule has 0 saturated carbocycles. The molecule has 2 atom stereocenters. The van der Waals surface area contributed by atoms with Gasteiger partial charge in [-0.15, -0.1) is 0 Å². The Morgan fingerprint density at radius 2 is 1.94 bits per heavy atom. The maximum absolute atomic E-state index is 11.7. The van der Waals surface area contributed by atoms with Gasteiger partial charge in [0, 0.05) is 12.3 Å². The van der Waals surface area contributed by atoms with Gasteiger partial charge in [0.15, 0.2) is 0 Å². The summed E-state index contributed by atoms with van der Waals surface area (Å²) < 4.78 is 0. The first-order valence-corrected chi connectivity index (χ1v) is 6.74. The van der Waals surface area contributed by atoms with E-state index in [-0.39, 0.29) is 17.9 Å². The van der Waals surface area contributed by atoms with Crippen LogP contribution >= 0.6 is 11.8 Å². The highest BCUT2D eigenvalue weighted by Crippen LogP contribution is 2.17. The molecule has 0 saturated heterocycles. The molecule has 0 fully saturated rings. The van der Waals surface area contributed by atoms with Crippen molar-refractivity contribution < 1.29 is 9.90 Å². The normalized spacial score (nSPS) is 17.7. The topological polar surface area (TPSA) is 75.3 Å². The zero-order valence-corrected chi connectivity index (χ0v) is 11.6. The molecule has 1 unspecified atom stereocenters. The predicted molar refractivity (Wildman–Crippen MR) is 69.4 cm³/mol. The molecule has 0 spiro atoms. The number of amides is 1. The molecule has 0 aliphatic heterocycles. The molecule has 1 amide bonds. The van der Waals surface area contributed by atoms with E-state index in [0.29, 0.717) is 5.75 Å². The number of nitrogens with two attached hydrogens (primary N) is 1. The van der Waals surface area contributed by atoms with E-state index in [1.807, 2.05) is 27.0 Å². The third kappa shape index (κ3) is 5.72. The zero-order valence-electron chi connectivity index (χ0n) is 10.8. The number of carbonyl (C=O) groups excluding carboxylic acids is 1. The molecule has 0 heterocycles. The van der Waals surface area contributed by atoms with Crippen molar-refractivity contribution in [3.05, 3.63) is 0 Å². The summed E-state index contributed by atoms with van der Waals surface area (Å²) in [6.07, 6.45) is 1.91. The van der Waals surface area contributed by atoms with E-state index in [9.17, 15) is 9.90 Å². The van der Waals surface area contributed by atoms with E-state index in [1.54, 1.807) is 18.7 Å². The molecule has 4 N–H and O–H groups in total. The Bertz CT molecular complexity index is 237. The van der Waals surface area contributed by atoms with E-state index < -0.39 is 11.6 Å². The van der Waals surface area contributed by atoms with Crippen LogP contribution in [0.25, 0.3) is 0 Å². The maximum atomic E-state index is 11.7. The summed E-state index contributed by atoms with van der Waals surface area (Å²) >= 11 is 1.54. The highest BCUT2D eigenvalue weighted by Gasteiger charge is 2.29. The van der Waals surface area contributed by atoms with Gasteiger partial charge >= 0.3 is 0 Å². The monoisotopic (exact) mass is 248 g/mol. The number of hydrogen-bond acceptors (Lipinski definition) is 4. The van der Waals surface area contributed by atoms with Crippen LogP contribution in [0.15, 0.2) is 0 Å². The van der Waals surface area contributed by atoms with E-state index in [0.717, 1.165) is 0 Å². The summed E-state index contributed by atoms with van der Waals surface area (Å²) in [5, 5.41) is 12.6. The fraction of sp³-hybridized carbons (Fsp3) is 0.909. The molecule has 0 rings (SSSR count). The lowest BCUT2D eigenvalue weighted by Crippen LogP contribution is -2.52. The van der Waals surface area contributed by atoms with Gasteiger partial charge in [-0.3, -0.25) is 4.79 Å². The van der Waals surface area contributed by atoms with E-state index in [2.05, 4.69) is 5.32 Å². The van der Waals surface area contributed by atoms with Crippen LogP contribution in [0.3, 0.4) is 0 Å². The summed E-state index contributed by atoms with van der Waals surface area (Å²) in [4.78, 5) is 11.7. The fourth-order valence-electron chi connectivity index (χ4n) is 1.14. The van der Waals surface area contributed by atoms with E-state index in [4.69, 9.17) is 5.73 Å². The Morgan fingerprint density at radius 1 is 1.44 bits per heavy atom. The van der Waals surface area contributed by atoms with Gasteiger partial charge < -0.3 is 16.2 Å². The molecular formula is C11H24N2O2S. The van der Waals surface area contributed by atoms with Crippen molar-refractivity contribution >= 4 is 17.7 Å². The second kappa shape index (κ2) is 5.89. The highest BCUT2D eigenvalue weighted by atomic mass is 32.2. The van der Waals surface area contributed by atoms with Crippen molar-refractivity contribution in [3.8, 4) is 0 Å². The van der Waals surface area contributed by atoms with E-state index in [1.165, 1.54) is 0 Å². The van der Waals surface area contributed by atoms with Crippen LogP contribution < -0.4 is 11.1 Å². The number of rotatable bonds is 5. The number of carbonyl (C=O) groups is 1. The largest absolute Gasteiger partial charge is 0.387 e. The minimum atomic E-state index is -0.882. The number of aliphatic hydroxyl groups is 1. The molecule has 0 bridgehead atoms. The van der Waals surface area contributed by atoms with Crippen molar-refractivity contribution in [1.29, 1.82) is 0 Å². The standard InChI is InChI=1S/C11H24N2O2S/c1-10(2,3)8(12)9(14)13-6-11(4,15)7-16-5/h8,15H,6-7,12H2,1-5H3,(H,13,14)/t8-,11?/m0/s1. The summed E-state index contributed by atoms with van der Waals surface area (Å²) in [7, 11) is 0. The summed E-state index contributed by atoms with van der Waals surface area (Å²) in [6.45, 7) is 7.68. The summed E-state index contributed by atoms with van der Waals surface area (Å²) in [5.74, 6) is 0.367. The second-order valence-corrected chi connectivity index (χ2v) is 6.36. The number of thioether (sulfide) groups is 1. The average Bonchev–Trinajstić information content (AvgIpc) is 2.11. The second-order valence-electron chi connectivity index (χ2n) is 5.49. The summed E-state index contributed by atoms with van der Waals surface area (Å²) in [5.41, 5.74) is 4.65. The van der Waals surface area contributed by atoms with Crippen LogP contribution in [0.4, 0.5) is 0 Å². The molecule has 0 aliphatic carbocycles. The van der Waals surface area contributed by atoms with Gasteiger partial charge in [-0.2, -0.15) is 11.8 Å². The van der Waals surface area contributed by atoms with Gasteiger partial charge in [0.2, 0.25) is 5.91 Å². The molecule has 5 heteroatoms. The molecular weight excluding hydrogens is 224 g/mol. The Labute approximate surface area is 102 Å². The first-order valence-electron chi connectivity index (χ1n) is 5.35. The molecule has 0 aromatic carbocycles. The van der Waals surface area contributed by atoms with Crippen LogP contribution in [0, 0.1) is 5.41 Å². The summed E-state index contributed by atoms with van der Waals surface area (Å²) in [6, 6.07) is -0.558. The highest BCUT2D eigenvalue weighted by molar-refractivity contribution is 7.98. The number of hydrogen-bond donors (Lipinski definition) is 3. The molecule has 96 valence electrons. The Hall–Kier alpha value is -0.260. The maximum Gasteiger partial charge on any atom is 0.237 e. The third-order valence-electron chi connectivity index (χ3n) is 2.31. The Morgan fingerprint density at radius 3 is 2.31 bits per heavy atom. The average molecular weight is 248 g/mol. The predicted octanol–water partition coefficient (Wildman–Crippen LogP) is 0.590. The fourth-order valence-corrected chi connectivity index (χ4v) is 1.87. The van der Waals surface area contributed by atoms with Crippen LogP contribution in [0.2, 0.25) is 0 Å². The molecule has 4 nitrogen and oxygen atoms in total. The zero-order chi connectivity index (χ0) is 13.0. The minimum Gasteiger partial charge on any atom is -0.387 e. The van der Waals surface area contributed by atoms with Crippen LogP contribution in [0.1, 0.15) is 27.7 Å². The third-order valence-corrected chi connectivity index (χ3v) is 3.22. The molecule has 0 aliphatic rings. The van der Waals surface area contributed by atoms with Crippen molar-refractivity contribution in [2.24, 2.45) is 11.1 Å². The lowest BCUT2D eigenvalue weighted by atomic mass is 9.87.